The molecule has 1 amide bonds. The van der Waals surface area contributed by atoms with Crippen molar-refractivity contribution in [3.63, 3.8) is 0 Å². The molecule has 0 saturated heterocycles. The molecular formula is C15H16N2O3S. The molecule has 0 fully saturated rings. The first-order valence-electron chi connectivity index (χ1n) is 6.46. The minimum absolute atomic E-state index is 0.113. The number of rotatable bonds is 6. The maximum atomic E-state index is 12.0. The molecule has 2 rings (SSSR count). The van der Waals surface area contributed by atoms with Crippen molar-refractivity contribution in [3.05, 3.63) is 52.5 Å². The predicted octanol–water partition coefficient (Wildman–Crippen LogP) is 2.19. The van der Waals surface area contributed by atoms with Crippen LogP contribution < -0.4 is 5.32 Å². The van der Waals surface area contributed by atoms with Gasteiger partial charge in [-0.1, -0.05) is 30.3 Å². The fourth-order valence-corrected chi connectivity index (χ4v) is 2.56. The second kappa shape index (κ2) is 6.49. The van der Waals surface area contributed by atoms with Gasteiger partial charge in [-0.05, 0) is 12.5 Å². The molecule has 1 aromatic heterocycles. The Bertz CT molecular complexity index is 613. The molecule has 1 unspecified atom stereocenters. The first kappa shape index (κ1) is 15.2. The summed E-state index contributed by atoms with van der Waals surface area (Å²) in [5.41, 5.74) is -0.629. The fourth-order valence-electron chi connectivity index (χ4n) is 2.01. The van der Waals surface area contributed by atoms with Gasteiger partial charge in [0.2, 0.25) is 5.91 Å². The van der Waals surface area contributed by atoms with E-state index in [9.17, 15) is 14.7 Å². The number of carboxylic acids is 1. The van der Waals surface area contributed by atoms with Gasteiger partial charge in [-0.15, -0.1) is 11.3 Å². The second-order valence-corrected chi connectivity index (χ2v) is 5.86. The van der Waals surface area contributed by atoms with Crippen LogP contribution in [0.3, 0.4) is 0 Å². The van der Waals surface area contributed by atoms with Gasteiger partial charge in [0.1, 0.15) is 5.01 Å². The Morgan fingerprint density at radius 1 is 1.33 bits per heavy atom. The third kappa shape index (κ3) is 3.66. The van der Waals surface area contributed by atoms with Crippen molar-refractivity contribution < 1.29 is 14.7 Å². The molecule has 0 radical (unpaired) electrons. The summed E-state index contributed by atoms with van der Waals surface area (Å²) in [4.78, 5) is 27.7. The SMILES string of the molecule is CC(CC(=O)NCc1nccs1)(C(=O)O)c1ccccc1. The van der Waals surface area contributed by atoms with Crippen LogP contribution in [0.2, 0.25) is 0 Å². The molecule has 0 bridgehead atoms. The molecule has 110 valence electrons. The Balaban J connectivity index is 2.06. The Hall–Kier alpha value is -2.21. The van der Waals surface area contributed by atoms with Crippen LogP contribution >= 0.6 is 11.3 Å². The number of carbonyl (C=O) groups excluding carboxylic acids is 1. The van der Waals surface area contributed by atoms with E-state index in [1.54, 1.807) is 37.4 Å². The highest BCUT2D eigenvalue weighted by atomic mass is 32.1. The lowest BCUT2D eigenvalue weighted by atomic mass is 9.79. The van der Waals surface area contributed by atoms with Crippen molar-refractivity contribution in [2.75, 3.05) is 0 Å². The molecule has 1 aromatic carbocycles. The third-order valence-electron chi connectivity index (χ3n) is 3.32. The molecule has 0 spiro atoms. The molecule has 6 heteroatoms. The van der Waals surface area contributed by atoms with Gasteiger partial charge >= 0.3 is 5.97 Å². The molecule has 21 heavy (non-hydrogen) atoms. The standard InChI is InChI=1S/C15H16N2O3S/c1-15(14(19)20,11-5-3-2-4-6-11)9-12(18)17-10-13-16-7-8-21-13/h2-8H,9-10H2,1H3,(H,17,18)(H,19,20). The highest BCUT2D eigenvalue weighted by Gasteiger charge is 2.37. The van der Waals surface area contributed by atoms with Crippen molar-refractivity contribution in [1.29, 1.82) is 0 Å². The number of benzene rings is 1. The molecular weight excluding hydrogens is 288 g/mol. The van der Waals surface area contributed by atoms with E-state index in [1.165, 1.54) is 11.3 Å². The first-order chi connectivity index (χ1) is 10.0. The van der Waals surface area contributed by atoms with Crippen LogP contribution in [0.5, 0.6) is 0 Å². The van der Waals surface area contributed by atoms with E-state index >= 15 is 0 Å². The molecule has 0 saturated carbocycles. The molecule has 2 aromatic rings. The molecule has 5 nitrogen and oxygen atoms in total. The summed E-state index contributed by atoms with van der Waals surface area (Å²) < 4.78 is 0. The minimum Gasteiger partial charge on any atom is -0.481 e. The van der Waals surface area contributed by atoms with Crippen LogP contribution in [-0.4, -0.2) is 22.0 Å². The second-order valence-electron chi connectivity index (χ2n) is 4.88. The van der Waals surface area contributed by atoms with Crippen LogP contribution in [0.1, 0.15) is 23.9 Å². The molecule has 0 aliphatic heterocycles. The highest BCUT2D eigenvalue weighted by molar-refractivity contribution is 7.09. The number of hydrogen-bond donors (Lipinski definition) is 2. The zero-order valence-electron chi connectivity index (χ0n) is 11.6. The summed E-state index contributed by atoms with van der Waals surface area (Å²) in [6, 6.07) is 8.80. The van der Waals surface area contributed by atoms with E-state index in [0.29, 0.717) is 12.1 Å². The van der Waals surface area contributed by atoms with E-state index in [-0.39, 0.29) is 12.3 Å². The average molecular weight is 304 g/mol. The average Bonchev–Trinajstić information content (AvgIpc) is 2.99. The van der Waals surface area contributed by atoms with Crippen molar-refractivity contribution in [3.8, 4) is 0 Å². The van der Waals surface area contributed by atoms with Gasteiger partial charge in [0.05, 0.1) is 12.0 Å². The number of carbonyl (C=O) groups is 2. The smallest absolute Gasteiger partial charge is 0.314 e. The van der Waals surface area contributed by atoms with Crippen LogP contribution in [0, 0.1) is 0 Å². The quantitative estimate of drug-likeness (QED) is 0.857. The molecule has 0 aliphatic carbocycles. The topological polar surface area (TPSA) is 79.3 Å². The number of carboxylic acid groups (broad SMARTS) is 1. The Labute approximate surface area is 126 Å². The lowest BCUT2D eigenvalue weighted by Crippen LogP contribution is -2.38. The number of amides is 1. The molecule has 2 N–H and O–H groups in total. The maximum absolute atomic E-state index is 12.0. The van der Waals surface area contributed by atoms with Crippen molar-refractivity contribution >= 4 is 23.2 Å². The molecule has 1 heterocycles. The summed E-state index contributed by atoms with van der Waals surface area (Å²) in [7, 11) is 0. The third-order valence-corrected chi connectivity index (χ3v) is 4.10. The number of aliphatic carboxylic acids is 1. The number of nitrogens with zero attached hydrogens (tertiary/aromatic N) is 1. The predicted molar refractivity (Wildman–Crippen MR) is 80.0 cm³/mol. The van der Waals surface area contributed by atoms with E-state index in [0.717, 1.165) is 5.01 Å². The van der Waals surface area contributed by atoms with E-state index in [2.05, 4.69) is 10.3 Å². The molecule has 0 aliphatic rings. The van der Waals surface area contributed by atoms with Crippen LogP contribution in [0.15, 0.2) is 41.9 Å². The summed E-state index contributed by atoms with van der Waals surface area (Å²) in [5, 5.41) is 14.8. The van der Waals surface area contributed by atoms with Crippen LogP contribution in [0.25, 0.3) is 0 Å². The minimum atomic E-state index is -1.24. The van der Waals surface area contributed by atoms with E-state index in [1.807, 2.05) is 11.4 Å². The van der Waals surface area contributed by atoms with Crippen molar-refractivity contribution in [2.45, 2.75) is 25.3 Å². The zero-order valence-corrected chi connectivity index (χ0v) is 12.4. The fraction of sp³-hybridized carbons (Fsp3) is 0.267. The van der Waals surface area contributed by atoms with Crippen LogP contribution in [-0.2, 0) is 21.5 Å². The van der Waals surface area contributed by atoms with Gasteiger partial charge < -0.3 is 10.4 Å². The van der Waals surface area contributed by atoms with Gasteiger partial charge in [0.15, 0.2) is 0 Å². The van der Waals surface area contributed by atoms with Crippen LogP contribution in [0.4, 0.5) is 0 Å². The van der Waals surface area contributed by atoms with Crippen molar-refractivity contribution in [2.24, 2.45) is 0 Å². The summed E-state index contributed by atoms with van der Waals surface area (Å²) in [6.45, 7) is 1.88. The summed E-state index contributed by atoms with van der Waals surface area (Å²) >= 11 is 1.44. The first-order valence-corrected chi connectivity index (χ1v) is 7.34. The molecule has 1 atom stereocenters. The lowest BCUT2D eigenvalue weighted by molar-refractivity contribution is -0.145. The Morgan fingerprint density at radius 2 is 2.05 bits per heavy atom. The normalized spacial score (nSPS) is 13.4. The Morgan fingerprint density at radius 3 is 2.62 bits per heavy atom. The number of nitrogens with one attached hydrogen (secondary N) is 1. The van der Waals surface area contributed by atoms with Gasteiger partial charge in [0, 0.05) is 18.0 Å². The monoisotopic (exact) mass is 304 g/mol. The largest absolute Gasteiger partial charge is 0.481 e. The summed E-state index contributed by atoms with van der Waals surface area (Å²) in [6.07, 6.45) is 1.55. The number of hydrogen-bond acceptors (Lipinski definition) is 4. The maximum Gasteiger partial charge on any atom is 0.314 e. The number of aromatic nitrogens is 1. The van der Waals surface area contributed by atoms with E-state index in [4.69, 9.17) is 0 Å². The van der Waals surface area contributed by atoms with Gasteiger partial charge in [-0.2, -0.15) is 0 Å². The van der Waals surface area contributed by atoms with E-state index < -0.39 is 11.4 Å². The lowest BCUT2D eigenvalue weighted by Gasteiger charge is -2.24. The summed E-state index contributed by atoms with van der Waals surface area (Å²) in [5.74, 6) is -1.32. The van der Waals surface area contributed by atoms with Gasteiger partial charge in [-0.3, -0.25) is 9.59 Å². The number of thiazole rings is 1. The van der Waals surface area contributed by atoms with Gasteiger partial charge in [0.25, 0.3) is 0 Å². The highest BCUT2D eigenvalue weighted by Crippen LogP contribution is 2.28. The van der Waals surface area contributed by atoms with Gasteiger partial charge in [-0.25, -0.2) is 4.98 Å². The Kier molecular flexibility index (Phi) is 4.70. The zero-order chi connectivity index (χ0) is 15.3. The van der Waals surface area contributed by atoms with Crippen molar-refractivity contribution in [1.82, 2.24) is 10.3 Å².